The van der Waals surface area contributed by atoms with Crippen molar-refractivity contribution >= 4 is 17.2 Å². The molecule has 0 fully saturated rings. The zero-order valence-corrected chi connectivity index (χ0v) is 10.8. The van der Waals surface area contributed by atoms with Crippen LogP contribution in [0.5, 0.6) is 0 Å². The van der Waals surface area contributed by atoms with Gasteiger partial charge in [-0.15, -0.1) is 0 Å². The van der Waals surface area contributed by atoms with Crippen LogP contribution in [-0.4, -0.2) is 21.7 Å². The third-order valence-electron chi connectivity index (χ3n) is 3.26. The molecule has 1 N–H and O–H groups in total. The predicted octanol–water partition coefficient (Wildman–Crippen LogP) is 1.62. The molecule has 0 bridgehead atoms. The first-order chi connectivity index (χ1) is 8.81. The van der Waals surface area contributed by atoms with Crippen LogP contribution in [0.2, 0.25) is 0 Å². The number of aromatic nitrogens is 2. The van der Waals surface area contributed by atoms with Crippen molar-refractivity contribution in [3.05, 3.63) is 40.3 Å². The van der Waals surface area contributed by atoms with Crippen molar-refractivity contribution in [1.29, 1.82) is 0 Å². The first-order valence-electron chi connectivity index (χ1n) is 6.12. The van der Waals surface area contributed by atoms with Gasteiger partial charge in [0.2, 0.25) is 5.91 Å². The number of amides is 1. The number of aryl methyl sites for hydroxylation is 1. The topological polar surface area (TPSA) is 46.9 Å². The molecule has 0 aliphatic carbocycles. The van der Waals surface area contributed by atoms with Crippen LogP contribution in [-0.2, 0) is 24.2 Å². The van der Waals surface area contributed by atoms with Gasteiger partial charge in [-0.1, -0.05) is 0 Å². The van der Waals surface area contributed by atoms with Crippen molar-refractivity contribution in [1.82, 2.24) is 15.1 Å². The molecule has 0 radical (unpaired) electrons. The van der Waals surface area contributed by atoms with Gasteiger partial charge in [-0.05, 0) is 34.9 Å². The molecule has 2 aromatic heterocycles. The summed E-state index contributed by atoms with van der Waals surface area (Å²) in [4.78, 5) is 11.9. The Morgan fingerprint density at radius 3 is 3.33 bits per heavy atom. The fourth-order valence-electron chi connectivity index (χ4n) is 2.35. The highest BCUT2D eigenvalue weighted by Crippen LogP contribution is 2.14. The number of fused-ring (bicyclic) bond motifs is 1. The van der Waals surface area contributed by atoms with Crippen molar-refractivity contribution in [2.24, 2.45) is 0 Å². The number of nitrogens with zero attached hydrogens (tertiary/aromatic N) is 2. The van der Waals surface area contributed by atoms with Gasteiger partial charge in [0.05, 0.1) is 6.42 Å². The molecule has 0 spiro atoms. The average Bonchev–Trinajstić information content (AvgIpc) is 2.98. The molecular formula is C13H15N3OS. The summed E-state index contributed by atoms with van der Waals surface area (Å²) >= 11 is 1.63. The summed E-state index contributed by atoms with van der Waals surface area (Å²) in [5.41, 5.74) is 2.31. The molecule has 5 heteroatoms. The second-order valence-electron chi connectivity index (χ2n) is 4.61. The second-order valence-corrected chi connectivity index (χ2v) is 5.39. The van der Waals surface area contributed by atoms with Crippen LogP contribution < -0.4 is 5.32 Å². The Morgan fingerprint density at radius 1 is 1.56 bits per heavy atom. The lowest BCUT2D eigenvalue weighted by molar-refractivity contribution is -0.121. The molecule has 1 aliphatic heterocycles. The third-order valence-corrected chi connectivity index (χ3v) is 3.99. The molecule has 0 aromatic carbocycles. The first kappa shape index (κ1) is 11.5. The number of thiophene rings is 1. The highest BCUT2D eigenvalue weighted by molar-refractivity contribution is 7.07. The van der Waals surface area contributed by atoms with E-state index in [-0.39, 0.29) is 11.9 Å². The monoisotopic (exact) mass is 261 g/mol. The van der Waals surface area contributed by atoms with E-state index in [1.807, 2.05) is 33.8 Å². The largest absolute Gasteiger partial charge is 0.353 e. The quantitative estimate of drug-likeness (QED) is 0.912. The van der Waals surface area contributed by atoms with Crippen molar-refractivity contribution < 1.29 is 4.79 Å². The normalized spacial score (nSPS) is 18.3. The van der Waals surface area contributed by atoms with E-state index in [0.717, 1.165) is 24.9 Å². The van der Waals surface area contributed by atoms with E-state index >= 15 is 0 Å². The predicted molar refractivity (Wildman–Crippen MR) is 70.5 cm³/mol. The third kappa shape index (κ3) is 2.46. The molecule has 0 saturated carbocycles. The van der Waals surface area contributed by atoms with E-state index in [1.165, 1.54) is 5.69 Å². The van der Waals surface area contributed by atoms with Gasteiger partial charge in [-0.2, -0.15) is 16.4 Å². The molecule has 0 saturated heterocycles. The van der Waals surface area contributed by atoms with Crippen LogP contribution in [0.1, 0.15) is 17.7 Å². The Hall–Kier alpha value is -1.62. The zero-order chi connectivity index (χ0) is 12.4. The molecule has 18 heavy (non-hydrogen) atoms. The molecule has 3 rings (SSSR count). The van der Waals surface area contributed by atoms with Crippen LogP contribution in [0.4, 0.5) is 0 Å². The summed E-state index contributed by atoms with van der Waals surface area (Å²) in [5, 5.41) is 11.4. The second kappa shape index (κ2) is 4.94. The Balaban J connectivity index is 1.56. The maximum Gasteiger partial charge on any atom is 0.224 e. The minimum Gasteiger partial charge on any atom is -0.353 e. The van der Waals surface area contributed by atoms with E-state index in [1.54, 1.807) is 11.3 Å². The van der Waals surface area contributed by atoms with Gasteiger partial charge in [0.25, 0.3) is 0 Å². The molecular weight excluding hydrogens is 246 g/mol. The fourth-order valence-corrected chi connectivity index (χ4v) is 3.02. The SMILES string of the molecule is O=C(Cc1ccsc1)N[C@H]1CCn2nccc2C1. The van der Waals surface area contributed by atoms with Gasteiger partial charge in [-0.3, -0.25) is 9.48 Å². The molecule has 94 valence electrons. The van der Waals surface area contributed by atoms with Crippen molar-refractivity contribution in [3.8, 4) is 0 Å². The first-order valence-corrected chi connectivity index (χ1v) is 7.06. The number of carbonyl (C=O) groups is 1. The average molecular weight is 261 g/mol. The Bertz CT molecular complexity index is 532. The standard InChI is InChI=1S/C13H15N3OS/c17-13(7-10-3-6-18-9-10)15-11-2-5-16-12(8-11)1-4-14-16/h1,3-4,6,9,11H,2,5,7-8H2,(H,15,17)/t11-/m0/s1. The summed E-state index contributed by atoms with van der Waals surface area (Å²) in [5.74, 6) is 0.117. The zero-order valence-electron chi connectivity index (χ0n) is 10.0. The van der Waals surface area contributed by atoms with E-state index in [4.69, 9.17) is 0 Å². The fraction of sp³-hybridized carbons (Fsp3) is 0.385. The van der Waals surface area contributed by atoms with E-state index in [9.17, 15) is 4.79 Å². The van der Waals surface area contributed by atoms with Crippen molar-refractivity contribution in [3.63, 3.8) is 0 Å². The van der Waals surface area contributed by atoms with Crippen molar-refractivity contribution in [2.75, 3.05) is 0 Å². The molecule has 0 unspecified atom stereocenters. The van der Waals surface area contributed by atoms with Gasteiger partial charge in [0.1, 0.15) is 0 Å². The van der Waals surface area contributed by atoms with E-state index in [0.29, 0.717) is 6.42 Å². The van der Waals surface area contributed by atoms with Gasteiger partial charge in [0, 0.05) is 30.9 Å². The van der Waals surface area contributed by atoms with Gasteiger partial charge < -0.3 is 5.32 Å². The highest BCUT2D eigenvalue weighted by Gasteiger charge is 2.20. The molecule has 3 heterocycles. The Morgan fingerprint density at radius 2 is 2.50 bits per heavy atom. The Labute approximate surface area is 110 Å². The molecule has 2 aromatic rings. The summed E-state index contributed by atoms with van der Waals surface area (Å²) in [6.45, 7) is 0.895. The summed E-state index contributed by atoms with van der Waals surface area (Å²) in [6.07, 6.45) is 4.16. The van der Waals surface area contributed by atoms with Crippen molar-refractivity contribution in [2.45, 2.75) is 31.8 Å². The van der Waals surface area contributed by atoms with Crippen LogP contribution in [0.3, 0.4) is 0 Å². The lowest BCUT2D eigenvalue weighted by Crippen LogP contribution is -2.40. The number of nitrogens with one attached hydrogen (secondary N) is 1. The molecule has 1 atom stereocenters. The smallest absolute Gasteiger partial charge is 0.224 e. The summed E-state index contributed by atoms with van der Waals surface area (Å²) in [7, 11) is 0. The maximum absolute atomic E-state index is 11.9. The van der Waals surface area contributed by atoms with Crippen LogP contribution in [0.15, 0.2) is 29.1 Å². The van der Waals surface area contributed by atoms with Crippen LogP contribution in [0, 0.1) is 0 Å². The lowest BCUT2D eigenvalue weighted by Gasteiger charge is -2.24. The highest BCUT2D eigenvalue weighted by atomic mass is 32.1. The van der Waals surface area contributed by atoms with E-state index < -0.39 is 0 Å². The number of hydrogen-bond donors (Lipinski definition) is 1. The summed E-state index contributed by atoms with van der Waals surface area (Å²) < 4.78 is 2.02. The number of rotatable bonds is 3. The molecule has 1 amide bonds. The minimum absolute atomic E-state index is 0.117. The number of hydrogen-bond acceptors (Lipinski definition) is 3. The Kier molecular flexibility index (Phi) is 3.15. The van der Waals surface area contributed by atoms with Crippen LogP contribution >= 0.6 is 11.3 Å². The minimum atomic E-state index is 0.117. The summed E-state index contributed by atoms with van der Waals surface area (Å²) in [6, 6.07) is 4.28. The number of carbonyl (C=O) groups excluding carboxylic acids is 1. The molecule has 1 aliphatic rings. The van der Waals surface area contributed by atoms with Gasteiger partial charge in [0.15, 0.2) is 0 Å². The van der Waals surface area contributed by atoms with Gasteiger partial charge in [-0.25, -0.2) is 0 Å². The van der Waals surface area contributed by atoms with E-state index in [2.05, 4.69) is 10.4 Å². The van der Waals surface area contributed by atoms with Gasteiger partial charge >= 0.3 is 0 Å². The molecule has 4 nitrogen and oxygen atoms in total. The van der Waals surface area contributed by atoms with Crippen LogP contribution in [0.25, 0.3) is 0 Å². The maximum atomic E-state index is 11.9. The lowest BCUT2D eigenvalue weighted by atomic mass is 10.0.